The van der Waals surface area contributed by atoms with Gasteiger partial charge in [-0.15, -0.1) is 0 Å². The fraction of sp³-hybridized carbons (Fsp3) is 0.0714. The maximum atomic E-state index is 13.4. The molecule has 1 nitrogen and oxygen atoms in total. The molecule has 0 aliphatic carbocycles. The molecule has 2 rings (SSSR count). The average Bonchev–Trinajstić information content (AvgIpc) is 2.33. The van der Waals surface area contributed by atoms with Crippen LogP contribution >= 0.6 is 11.6 Å². The first-order chi connectivity index (χ1) is 8.99. The van der Waals surface area contributed by atoms with E-state index in [2.05, 4.69) is 0 Å². The summed E-state index contributed by atoms with van der Waals surface area (Å²) < 4.78 is 39.7. The van der Waals surface area contributed by atoms with Crippen LogP contribution in [0.3, 0.4) is 0 Å². The lowest BCUT2D eigenvalue weighted by atomic mass is 10.0. The van der Waals surface area contributed by atoms with Crippen LogP contribution in [0.1, 0.15) is 15.9 Å². The van der Waals surface area contributed by atoms with Gasteiger partial charge in [0.15, 0.2) is 5.78 Å². The monoisotopic (exact) mass is 284 g/mol. The molecule has 0 saturated heterocycles. The Hall–Kier alpha value is -1.81. The van der Waals surface area contributed by atoms with Crippen LogP contribution in [-0.2, 0) is 6.42 Å². The van der Waals surface area contributed by atoms with Crippen molar-refractivity contribution in [2.75, 3.05) is 0 Å². The molecule has 0 bridgehead atoms. The molecule has 2 aromatic carbocycles. The van der Waals surface area contributed by atoms with Gasteiger partial charge >= 0.3 is 0 Å². The molecule has 0 heterocycles. The second kappa shape index (κ2) is 5.45. The van der Waals surface area contributed by atoms with Crippen molar-refractivity contribution in [3.8, 4) is 0 Å². The van der Waals surface area contributed by atoms with Crippen LogP contribution in [0.5, 0.6) is 0 Å². The summed E-state index contributed by atoms with van der Waals surface area (Å²) in [5, 5.41) is -0.0817. The number of hydrogen-bond acceptors (Lipinski definition) is 1. The molecule has 0 amide bonds. The van der Waals surface area contributed by atoms with Gasteiger partial charge in [0.2, 0.25) is 0 Å². The molecule has 19 heavy (non-hydrogen) atoms. The zero-order valence-corrected chi connectivity index (χ0v) is 10.3. The van der Waals surface area contributed by atoms with Gasteiger partial charge in [-0.2, -0.15) is 0 Å². The number of ketones is 1. The Bertz CT molecular complexity index is 620. The highest BCUT2D eigenvalue weighted by Crippen LogP contribution is 2.21. The Morgan fingerprint density at radius 1 is 1.05 bits per heavy atom. The molecule has 0 saturated carbocycles. The highest BCUT2D eigenvalue weighted by atomic mass is 35.5. The van der Waals surface area contributed by atoms with Crippen LogP contribution in [0.25, 0.3) is 0 Å². The molecule has 0 aromatic heterocycles. The van der Waals surface area contributed by atoms with Crippen LogP contribution in [0.15, 0.2) is 36.4 Å². The number of hydrogen-bond donors (Lipinski definition) is 0. The van der Waals surface area contributed by atoms with Crippen molar-refractivity contribution in [2.45, 2.75) is 6.42 Å². The first-order valence-electron chi connectivity index (χ1n) is 5.40. The van der Waals surface area contributed by atoms with E-state index in [-0.39, 0.29) is 16.1 Å². The Morgan fingerprint density at radius 3 is 2.26 bits per heavy atom. The van der Waals surface area contributed by atoms with Crippen LogP contribution in [0.4, 0.5) is 13.2 Å². The lowest BCUT2D eigenvalue weighted by Gasteiger charge is -2.06. The predicted molar refractivity (Wildman–Crippen MR) is 65.8 cm³/mol. The van der Waals surface area contributed by atoms with E-state index in [4.69, 9.17) is 11.6 Å². The third-order valence-corrected chi connectivity index (χ3v) is 2.94. The first kappa shape index (κ1) is 13.6. The number of Topliss-reactive ketones (excluding diaryl/α,β-unsaturated/α-hetero) is 1. The molecule has 0 fully saturated rings. The van der Waals surface area contributed by atoms with E-state index in [9.17, 15) is 18.0 Å². The van der Waals surface area contributed by atoms with Gasteiger partial charge in [0.05, 0.1) is 5.02 Å². The van der Waals surface area contributed by atoms with E-state index in [1.54, 1.807) is 0 Å². The van der Waals surface area contributed by atoms with Gasteiger partial charge in [-0.1, -0.05) is 17.7 Å². The van der Waals surface area contributed by atoms with E-state index in [1.165, 1.54) is 12.1 Å². The van der Waals surface area contributed by atoms with Crippen LogP contribution < -0.4 is 0 Å². The minimum atomic E-state index is -0.799. The quantitative estimate of drug-likeness (QED) is 0.773. The summed E-state index contributed by atoms with van der Waals surface area (Å²) in [6.07, 6.45) is -0.468. The molecule has 0 unspecified atom stereocenters. The molecule has 0 aliphatic rings. The maximum absolute atomic E-state index is 13.4. The Balaban J connectivity index is 2.31. The molecule has 0 atom stereocenters. The van der Waals surface area contributed by atoms with Gasteiger partial charge in [-0.05, 0) is 30.3 Å². The predicted octanol–water partition coefficient (Wildman–Crippen LogP) is 4.18. The first-order valence-corrected chi connectivity index (χ1v) is 5.78. The highest BCUT2D eigenvalue weighted by molar-refractivity contribution is 6.34. The fourth-order valence-electron chi connectivity index (χ4n) is 1.67. The van der Waals surface area contributed by atoms with E-state index in [0.717, 1.165) is 24.3 Å². The van der Waals surface area contributed by atoms with Crippen molar-refractivity contribution in [3.63, 3.8) is 0 Å². The third-order valence-electron chi connectivity index (χ3n) is 2.63. The van der Waals surface area contributed by atoms with Gasteiger partial charge in [-0.25, -0.2) is 13.2 Å². The fourth-order valence-corrected chi connectivity index (χ4v) is 1.95. The molecule has 98 valence electrons. The van der Waals surface area contributed by atoms with Crippen molar-refractivity contribution in [1.29, 1.82) is 0 Å². The minimum absolute atomic E-state index is 0.0331. The van der Waals surface area contributed by atoms with E-state index in [1.807, 2.05) is 0 Å². The summed E-state index contributed by atoms with van der Waals surface area (Å²) in [4.78, 5) is 11.9. The van der Waals surface area contributed by atoms with Crippen molar-refractivity contribution < 1.29 is 18.0 Å². The van der Waals surface area contributed by atoms with Crippen LogP contribution in [0, 0.1) is 17.5 Å². The topological polar surface area (TPSA) is 17.1 Å². The zero-order chi connectivity index (χ0) is 14.0. The van der Waals surface area contributed by atoms with Crippen LogP contribution in [-0.4, -0.2) is 5.78 Å². The Morgan fingerprint density at radius 2 is 1.68 bits per heavy atom. The lowest BCUT2D eigenvalue weighted by molar-refractivity contribution is 0.0990. The largest absolute Gasteiger partial charge is 0.294 e. The Labute approximate surface area is 112 Å². The molecule has 0 N–H and O–H groups in total. The number of halogens is 4. The van der Waals surface area contributed by atoms with Gasteiger partial charge < -0.3 is 0 Å². The average molecular weight is 285 g/mol. The summed E-state index contributed by atoms with van der Waals surface area (Å²) in [6.45, 7) is 0. The van der Waals surface area contributed by atoms with E-state index in [0.29, 0.717) is 0 Å². The van der Waals surface area contributed by atoms with Gasteiger partial charge in [0, 0.05) is 17.5 Å². The molecule has 0 radical (unpaired) electrons. The number of rotatable bonds is 3. The summed E-state index contributed by atoms with van der Waals surface area (Å²) >= 11 is 5.72. The van der Waals surface area contributed by atoms with Gasteiger partial charge in [0.25, 0.3) is 0 Å². The SMILES string of the molecule is O=C(Cc1c(F)cccc1F)c1ccc(F)cc1Cl. The second-order valence-corrected chi connectivity index (χ2v) is 4.33. The normalized spacial score (nSPS) is 10.5. The summed E-state index contributed by atoms with van der Waals surface area (Å²) in [5.74, 6) is -2.76. The number of carbonyl (C=O) groups is 1. The van der Waals surface area contributed by atoms with Crippen molar-refractivity contribution in [3.05, 3.63) is 70.0 Å². The molecular formula is C14H8ClF3O. The van der Waals surface area contributed by atoms with Crippen LogP contribution in [0.2, 0.25) is 5.02 Å². The summed E-state index contributed by atoms with van der Waals surface area (Å²) in [6, 6.07) is 6.58. The second-order valence-electron chi connectivity index (χ2n) is 3.92. The third kappa shape index (κ3) is 2.96. The van der Waals surface area contributed by atoms with Crippen molar-refractivity contribution in [2.24, 2.45) is 0 Å². The summed E-state index contributed by atoms with van der Waals surface area (Å²) in [7, 11) is 0. The lowest BCUT2D eigenvalue weighted by Crippen LogP contribution is -2.08. The number of benzene rings is 2. The Kier molecular flexibility index (Phi) is 3.90. The van der Waals surface area contributed by atoms with Crippen molar-refractivity contribution in [1.82, 2.24) is 0 Å². The number of carbonyl (C=O) groups excluding carboxylic acids is 1. The zero-order valence-electron chi connectivity index (χ0n) is 9.59. The van der Waals surface area contributed by atoms with Crippen molar-refractivity contribution >= 4 is 17.4 Å². The molecular weight excluding hydrogens is 277 g/mol. The van der Waals surface area contributed by atoms with E-state index >= 15 is 0 Å². The minimum Gasteiger partial charge on any atom is -0.294 e. The highest BCUT2D eigenvalue weighted by Gasteiger charge is 2.16. The molecule has 2 aromatic rings. The van der Waals surface area contributed by atoms with E-state index < -0.39 is 29.7 Å². The molecule has 5 heteroatoms. The van der Waals surface area contributed by atoms with Gasteiger partial charge in [0.1, 0.15) is 17.5 Å². The molecule has 0 spiro atoms. The van der Waals surface area contributed by atoms with Gasteiger partial charge in [-0.3, -0.25) is 4.79 Å². The summed E-state index contributed by atoms with van der Waals surface area (Å²) in [5.41, 5.74) is -0.293. The maximum Gasteiger partial charge on any atom is 0.168 e. The standard InChI is InChI=1S/C14H8ClF3O/c15-11-6-8(16)4-5-9(11)14(19)7-10-12(17)2-1-3-13(10)18/h1-6H,7H2. The molecule has 0 aliphatic heterocycles. The smallest absolute Gasteiger partial charge is 0.168 e.